The van der Waals surface area contributed by atoms with Gasteiger partial charge < -0.3 is 9.80 Å². The minimum atomic E-state index is 0.249. The van der Waals surface area contributed by atoms with E-state index in [-0.39, 0.29) is 6.04 Å². The summed E-state index contributed by atoms with van der Waals surface area (Å²) in [6, 6.07) is 61.5. The first-order chi connectivity index (χ1) is 35.7. The van der Waals surface area contributed by atoms with E-state index in [1.165, 1.54) is 105 Å². The first-order valence-electron chi connectivity index (χ1n) is 26.2. The van der Waals surface area contributed by atoms with Crippen LogP contribution >= 0.6 is 0 Å². The predicted molar refractivity (Wildman–Crippen MR) is 307 cm³/mol. The molecule has 2 heteroatoms. The Labute approximate surface area is 424 Å². The zero-order valence-corrected chi connectivity index (χ0v) is 40.7. The average Bonchev–Trinajstić information content (AvgIpc) is 3.46. The molecule has 0 aliphatic heterocycles. The Morgan fingerprint density at radius 3 is 2.00 bits per heavy atom. The van der Waals surface area contributed by atoms with Crippen molar-refractivity contribution in [3.63, 3.8) is 0 Å². The molecule has 0 radical (unpaired) electrons. The summed E-state index contributed by atoms with van der Waals surface area (Å²) in [5, 5.41) is 7.90. The minimum Gasteiger partial charge on any atom is -0.334 e. The third-order valence-corrected chi connectivity index (χ3v) is 15.8. The van der Waals surface area contributed by atoms with Crippen molar-refractivity contribution >= 4 is 56.8 Å². The van der Waals surface area contributed by atoms with Gasteiger partial charge in [-0.05, 0) is 188 Å². The van der Waals surface area contributed by atoms with Gasteiger partial charge in [-0.1, -0.05) is 194 Å². The first kappa shape index (κ1) is 43.8. The van der Waals surface area contributed by atoms with E-state index in [4.69, 9.17) is 0 Å². The average molecular weight is 927 g/mol. The number of fused-ring (bicyclic) bond motifs is 4. The van der Waals surface area contributed by atoms with Crippen molar-refractivity contribution in [3.05, 3.63) is 264 Å². The molecular weight excluding hydrogens is 869 g/mol. The van der Waals surface area contributed by atoms with Crippen molar-refractivity contribution in [2.75, 3.05) is 9.80 Å². The van der Waals surface area contributed by atoms with Gasteiger partial charge in [-0.3, -0.25) is 0 Å². The van der Waals surface area contributed by atoms with Gasteiger partial charge in [0, 0.05) is 28.5 Å². The Kier molecular flexibility index (Phi) is 11.7. The molecule has 0 spiro atoms. The summed E-state index contributed by atoms with van der Waals surface area (Å²) < 4.78 is 0. The molecule has 2 nitrogen and oxygen atoms in total. The van der Waals surface area contributed by atoms with Gasteiger partial charge >= 0.3 is 0 Å². The van der Waals surface area contributed by atoms with E-state index in [2.05, 4.69) is 259 Å². The lowest BCUT2D eigenvalue weighted by Crippen LogP contribution is -2.35. The number of allylic oxidation sites excluding steroid dienone is 10. The zero-order chi connectivity index (χ0) is 47.8. The van der Waals surface area contributed by atoms with Crippen LogP contribution in [0.1, 0.15) is 49.7 Å². The van der Waals surface area contributed by atoms with Crippen LogP contribution in [0.4, 0.5) is 17.1 Å². The Bertz CT molecular complexity index is 3730. The first-order valence-corrected chi connectivity index (χ1v) is 26.2. The molecule has 0 bridgehead atoms. The van der Waals surface area contributed by atoms with Gasteiger partial charge in [-0.15, -0.1) is 0 Å². The molecule has 72 heavy (non-hydrogen) atoms. The van der Waals surface area contributed by atoms with Crippen molar-refractivity contribution in [2.45, 2.75) is 51.0 Å². The fraction of sp³-hybridized carbons (Fsp3) is 0.143. The van der Waals surface area contributed by atoms with Crippen LogP contribution in [0.15, 0.2) is 242 Å². The number of benzene rings is 8. The summed E-state index contributed by atoms with van der Waals surface area (Å²) >= 11 is 0. The van der Waals surface area contributed by atoms with Crippen LogP contribution in [0.2, 0.25) is 0 Å². The molecule has 13 rings (SSSR count). The van der Waals surface area contributed by atoms with Gasteiger partial charge in [0.2, 0.25) is 0 Å². The summed E-state index contributed by atoms with van der Waals surface area (Å²) in [7, 11) is 0. The van der Waals surface area contributed by atoms with Gasteiger partial charge in [0.05, 0.1) is 6.04 Å². The quantitative estimate of drug-likeness (QED) is 0.135. The lowest BCUT2D eigenvalue weighted by atomic mass is 9.77. The summed E-state index contributed by atoms with van der Waals surface area (Å²) in [6.45, 7) is 0. The second-order valence-corrected chi connectivity index (χ2v) is 20.0. The number of hydrogen-bond acceptors (Lipinski definition) is 2. The van der Waals surface area contributed by atoms with Gasteiger partial charge in [0.15, 0.2) is 0 Å². The molecule has 0 saturated heterocycles. The molecule has 3 unspecified atom stereocenters. The molecule has 0 N–H and O–H groups in total. The third-order valence-electron chi connectivity index (χ3n) is 15.8. The molecule has 5 aliphatic carbocycles. The van der Waals surface area contributed by atoms with Gasteiger partial charge in [0.25, 0.3) is 0 Å². The normalized spacial score (nSPS) is 18.7. The standard InChI is InChI=1S/C70H58N2/c1-5-23-55(24-6-1)71(56-25-7-2-8-26-56)59-41-35-49(36-42-59)53-39-45-65-67(47-53)69(63-33-17-21-51-19-13-15-31-61(51)63)66-46-40-54(48-68(66)70(65)64-34-18-22-52-20-14-16-32-62(52)64)50-37-43-60(44-38-50)72(57-27-9-3-10-28-57)58-29-11-4-12-30-58/h1-11,13-15,17-25,27-29,31,33-37,39,41-48,50,54,56H,12,16,26,30,32,38,40H2. The molecule has 3 atom stereocenters. The molecule has 0 saturated carbocycles. The molecule has 8 aromatic carbocycles. The Morgan fingerprint density at radius 1 is 0.458 bits per heavy atom. The third kappa shape index (κ3) is 8.11. The van der Waals surface area contributed by atoms with Crippen LogP contribution in [0.5, 0.6) is 0 Å². The molecule has 5 aliphatic rings. The monoisotopic (exact) mass is 926 g/mol. The predicted octanol–water partition coefficient (Wildman–Crippen LogP) is 16.8. The van der Waals surface area contributed by atoms with Gasteiger partial charge in [-0.2, -0.15) is 0 Å². The fourth-order valence-electron chi connectivity index (χ4n) is 12.3. The number of anilines is 3. The minimum absolute atomic E-state index is 0.249. The van der Waals surface area contributed by atoms with E-state index in [1.807, 2.05) is 0 Å². The molecule has 348 valence electrons. The number of rotatable bonds is 10. The van der Waals surface area contributed by atoms with E-state index in [0.29, 0.717) is 11.8 Å². The Hall–Kier alpha value is -8.20. The van der Waals surface area contributed by atoms with Crippen molar-refractivity contribution in [3.8, 4) is 33.4 Å². The van der Waals surface area contributed by atoms with Crippen LogP contribution in [-0.2, 0) is 6.42 Å². The molecule has 0 heterocycles. The maximum Gasteiger partial charge on any atom is 0.0559 e. The summed E-state index contributed by atoms with van der Waals surface area (Å²) in [4.78, 5) is 4.95. The number of hydrogen-bond donors (Lipinski definition) is 0. The lowest BCUT2D eigenvalue weighted by molar-refractivity contribution is 0.507. The van der Waals surface area contributed by atoms with Crippen LogP contribution in [0.25, 0.3) is 73.2 Å². The zero-order valence-electron chi connectivity index (χ0n) is 40.7. The van der Waals surface area contributed by atoms with E-state index in [0.717, 1.165) is 44.9 Å². The SMILES string of the molecule is C1=CCCC(N(C2=CCC(C3C=c4c(-c5cccc6c5CCC=C6)c5ccc(-c6ccc(N(c7ccccc7)C7C=CC=CC7)cc6)cc5c(-c5cccc6ccccc56)c4=CC3)C=C2)c2ccccc2)=C1. The highest BCUT2D eigenvalue weighted by Gasteiger charge is 2.27. The van der Waals surface area contributed by atoms with Crippen LogP contribution in [0.3, 0.4) is 0 Å². The van der Waals surface area contributed by atoms with Crippen LogP contribution in [0, 0.1) is 11.8 Å². The van der Waals surface area contributed by atoms with Gasteiger partial charge in [0.1, 0.15) is 0 Å². The van der Waals surface area contributed by atoms with Crippen LogP contribution in [-0.4, -0.2) is 6.04 Å². The maximum absolute atomic E-state index is 2.69. The summed E-state index contributed by atoms with van der Waals surface area (Å²) in [5.41, 5.74) is 16.8. The number of para-hydroxylation sites is 2. The second-order valence-electron chi connectivity index (χ2n) is 20.0. The van der Waals surface area contributed by atoms with Crippen molar-refractivity contribution < 1.29 is 0 Å². The van der Waals surface area contributed by atoms with E-state index < -0.39 is 0 Å². The fourth-order valence-corrected chi connectivity index (χ4v) is 12.3. The molecule has 0 fully saturated rings. The van der Waals surface area contributed by atoms with Crippen molar-refractivity contribution in [1.82, 2.24) is 0 Å². The summed E-state index contributed by atoms with van der Waals surface area (Å²) in [6.07, 6.45) is 40.3. The largest absolute Gasteiger partial charge is 0.334 e. The number of nitrogens with zero attached hydrogens (tertiary/aromatic N) is 2. The highest BCUT2D eigenvalue weighted by molar-refractivity contribution is 6.11. The van der Waals surface area contributed by atoms with Crippen LogP contribution < -0.4 is 20.2 Å². The van der Waals surface area contributed by atoms with Crippen molar-refractivity contribution in [2.24, 2.45) is 11.8 Å². The summed E-state index contributed by atoms with van der Waals surface area (Å²) in [5.74, 6) is 0.722. The second kappa shape index (κ2) is 19.2. The van der Waals surface area contributed by atoms with E-state index in [1.54, 1.807) is 0 Å². The maximum atomic E-state index is 2.69. The van der Waals surface area contributed by atoms with E-state index >= 15 is 0 Å². The highest BCUT2D eigenvalue weighted by atomic mass is 15.2. The Balaban J connectivity index is 0.978. The topological polar surface area (TPSA) is 6.48 Å². The van der Waals surface area contributed by atoms with Crippen molar-refractivity contribution in [1.29, 1.82) is 0 Å². The Morgan fingerprint density at radius 2 is 1.19 bits per heavy atom. The smallest absolute Gasteiger partial charge is 0.0559 e. The molecular formula is C70H58N2. The highest BCUT2D eigenvalue weighted by Crippen LogP contribution is 2.42. The molecule has 0 amide bonds. The van der Waals surface area contributed by atoms with Gasteiger partial charge in [-0.25, -0.2) is 0 Å². The lowest BCUT2D eigenvalue weighted by Gasteiger charge is -2.33. The van der Waals surface area contributed by atoms with E-state index in [9.17, 15) is 0 Å². The molecule has 8 aromatic rings. The molecule has 0 aromatic heterocycles.